The highest BCUT2D eigenvalue weighted by atomic mass is 16.6. The Morgan fingerprint density at radius 3 is 2.42 bits per heavy atom. The van der Waals surface area contributed by atoms with E-state index in [9.17, 15) is 19.7 Å². The lowest BCUT2D eigenvalue weighted by molar-refractivity contribution is -0.384. The number of nitro benzene ring substituents is 1. The van der Waals surface area contributed by atoms with Crippen LogP contribution in [0.25, 0.3) is 10.8 Å². The maximum Gasteiger partial charge on any atom is 0.343 e. The van der Waals surface area contributed by atoms with E-state index >= 15 is 0 Å². The molecular weight excluding hydrogens is 462 g/mol. The maximum absolute atomic E-state index is 12.7. The number of nitrogens with zero attached hydrogens (tertiary/aromatic N) is 2. The van der Waals surface area contributed by atoms with Gasteiger partial charge in [0.15, 0.2) is 6.61 Å². The van der Waals surface area contributed by atoms with Gasteiger partial charge >= 0.3 is 5.97 Å². The second-order valence-corrected chi connectivity index (χ2v) is 7.79. The molecule has 1 amide bonds. The molecular formula is C27H21N3O6. The Morgan fingerprint density at radius 2 is 1.69 bits per heavy atom. The minimum Gasteiger partial charge on any atom is -0.484 e. The van der Waals surface area contributed by atoms with Gasteiger partial charge in [0, 0.05) is 17.7 Å². The number of carbonyl (C=O) groups excluding carboxylic acids is 2. The number of non-ortho nitro benzene ring substituents is 1. The Kier molecular flexibility index (Phi) is 7.30. The van der Waals surface area contributed by atoms with Gasteiger partial charge in [0.1, 0.15) is 11.5 Å². The monoisotopic (exact) mass is 483 g/mol. The quantitative estimate of drug-likeness (QED) is 0.126. The van der Waals surface area contributed by atoms with Crippen molar-refractivity contribution in [2.24, 2.45) is 5.10 Å². The third kappa shape index (κ3) is 5.89. The highest BCUT2D eigenvalue weighted by molar-refractivity contribution is 6.04. The standard InChI is InChI=1S/C27H21N3O6/c1-18-6-8-20(9-7-18)27(32)36-25-15-10-19-4-2-3-5-23(19)24(25)16-28-29-26(31)17-35-22-13-11-21(12-14-22)30(33)34/h2-16H,17H2,1H3,(H,29,31). The number of carbonyl (C=O) groups is 2. The largest absolute Gasteiger partial charge is 0.484 e. The number of rotatable bonds is 8. The minimum atomic E-state index is -0.539. The summed E-state index contributed by atoms with van der Waals surface area (Å²) in [5.74, 6) is -0.456. The number of nitro groups is 1. The molecule has 0 atom stereocenters. The zero-order valence-electron chi connectivity index (χ0n) is 19.2. The van der Waals surface area contributed by atoms with Crippen LogP contribution >= 0.6 is 0 Å². The topological polar surface area (TPSA) is 120 Å². The van der Waals surface area contributed by atoms with Crippen molar-refractivity contribution < 1.29 is 24.0 Å². The van der Waals surface area contributed by atoms with Gasteiger partial charge in [-0.15, -0.1) is 0 Å². The van der Waals surface area contributed by atoms with Crippen LogP contribution < -0.4 is 14.9 Å². The first-order valence-electron chi connectivity index (χ1n) is 10.9. The van der Waals surface area contributed by atoms with Crippen molar-refractivity contribution in [1.82, 2.24) is 5.43 Å². The average Bonchev–Trinajstić information content (AvgIpc) is 2.89. The van der Waals surface area contributed by atoms with E-state index in [0.29, 0.717) is 22.6 Å². The molecule has 9 heteroatoms. The van der Waals surface area contributed by atoms with Gasteiger partial charge in [0.05, 0.1) is 16.7 Å². The summed E-state index contributed by atoms with van der Waals surface area (Å²) in [5, 5.41) is 16.4. The molecule has 0 aliphatic rings. The third-order valence-corrected chi connectivity index (χ3v) is 5.22. The van der Waals surface area contributed by atoms with Gasteiger partial charge in [-0.3, -0.25) is 14.9 Å². The highest BCUT2D eigenvalue weighted by Crippen LogP contribution is 2.27. The maximum atomic E-state index is 12.7. The van der Waals surface area contributed by atoms with Crippen LogP contribution in [-0.4, -0.2) is 29.6 Å². The molecule has 1 N–H and O–H groups in total. The first kappa shape index (κ1) is 24.1. The predicted molar refractivity (Wildman–Crippen MR) is 134 cm³/mol. The summed E-state index contributed by atoms with van der Waals surface area (Å²) in [6.07, 6.45) is 1.41. The Balaban J connectivity index is 1.47. The van der Waals surface area contributed by atoms with Gasteiger partial charge in [-0.25, -0.2) is 10.2 Å². The van der Waals surface area contributed by atoms with Gasteiger partial charge in [0.2, 0.25) is 0 Å². The minimum absolute atomic E-state index is 0.0784. The van der Waals surface area contributed by atoms with E-state index in [1.165, 1.54) is 30.5 Å². The van der Waals surface area contributed by atoms with Crippen molar-refractivity contribution in [1.29, 1.82) is 0 Å². The lowest BCUT2D eigenvalue weighted by Gasteiger charge is -2.11. The number of hydrogen-bond donors (Lipinski definition) is 1. The average molecular weight is 483 g/mol. The van der Waals surface area contributed by atoms with Crippen molar-refractivity contribution in [2.45, 2.75) is 6.92 Å². The molecule has 0 radical (unpaired) electrons. The SMILES string of the molecule is Cc1ccc(C(=O)Oc2ccc3ccccc3c2C=NNC(=O)COc2ccc([N+](=O)[O-])cc2)cc1. The van der Waals surface area contributed by atoms with Crippen LogP contribution in [0.1, 0.15) is 21.5 Å². The van der Waals surface area contributed by atoms with Gasteiger partial charge in [-0.1, -0.05) is 48.0 Å². The van der Waals surface area contributed by atoms with Crippen molar-refractivity contribution in [3.8, 4) is 11.5 Å². The molecule has 0 aliphatic heterocycles. The fourth-order valence-electron chi connectivity index (χ4n) is 3.36. The molecule has 0 aromatic heterocycles. The summed E-state index contributed by atoms with van der Waals surface area (Å²) in [5.41, 5.74) is 4.25. The number of esters is 1. The molecule has 4 aromatic carbocycles. The summed E-state index contributed by atoms with van der Waals surface area (Å²) < 4.78 is 11.0. The fraction of sp³-hybridized carbons (Fsp3) is 0.0741. The third-order valence-electron chi connectivity index (χ3n) is 5.22. The van der Waals surface area contributed by atoms with E-state index in [1.807, 2.05) is 49.4 Å². The molecule has 0 spiro atoms. The molecule has 0 saturated heterocycles. The van der Waals surface area contributed by atoms with Crippen LogP contribution in [0, 0.1) is 17.0 Å². The molecule has 0 heterocycles. The van der Waals surface area contributed by atoms with Gasteiger partial charge in [-0.05, 0) is 48.0 Å². The molecule has 0 fully saturated rings. The summed E-state index contributed by atoms with van der Waals surface area (Å²) in [6, 6.07) is 23.4. The molecule has 0 bridgehead atoms. The normalized spacial score (nSPS) is 10.8. The summed E-state index contributed by atoms with van der Waals surface area (Å²) in [6.45, 7) is 1.58. The van der Waals surface area contributed by atoms with Crippen LogP contribution in [0.2, 0.25) is 0 Å². The van der Waals surface area contributed by atoms with Crippen LogP contribution in [0.15, 0.2) is 90.0 Å². The Labute approximate surface area is 206 Å². The number of benzene rings is 4. The molecule has 4 rings (SSSR count). The molecule has 4 aromatic rings. The summed E-state index contributed by atoms with van der Waals surface area (Å²) >= 11 is 0. The van der Waals surface area contributed by atoms with E-state index in [-0.39, 0.29) is 12.3 Å². The van der Waals surface area contributed by atoms with Crippen molar-refractivity contribution in [2.75, 3.05) is 6.61 Å². The van der Waals surface area contributed by atoms with Crippen molar-refractivity contribution in [3.05, 3.63) is 112 Å². The van der Waals surface area contributed by atoms with Crippen molar-refractivity contribution in [3.63, 3.8) is 0 Å². The number of hydrogen-bond acceptors (Lipinski definition) is 7. The lowest BCUT2D eigenvalue weighted by Crippen LogP contribution is -2.24. The molecule has 0 aliphatic carbocycles. The molecule has 0 unspecified atom stereocenters. The Hall–Kier alpha value is -5.05. The fourth-order valence-corrected chi connectivity index (χ4v) is 3.36. The smallest absolute Gasteiger partial charge is 0.343 e. The van der Waals surface area contributed by atoms with E-state index in [4.69, 9.17) is 9.47 Å². The Bertz CT molecular complexity index is 1450. The number of fused-ring (bicyclic) bond motifs is 1. The van der Waals surface area contributed by atoms with Gasteiger partial charge < -0.3 is 9.47 Å². The Morgan fingerprint density at radius 1 is 0.972 bits per heavy atom. The molecule has 9 nitrogen and oxygen atoms in total. The van der Waals surface area contributed by atoms with Crippen LogP contribution in [0.3, 0.4) is 0 Å². The first-order valence-corrected chi connectivity index (χ1v) is 10.9. The second kappa shape index (κ2) is 10.9. The lowest BCUT2D eigenvalue weighted by atomic mass is 10.0. The molecule has 0 saturated carbocycles. The number of hydrazone groups is 1. The number of amides is 1. The summed E-state index contributed by atoms with van der Waals surface area (Å²) in [7, 11) is 0. The predicted octanol–water partition coefficient (Wildman–Crippen LogP) is 4.80. The molecule has 180 valence electrons. The molecule has 36 heavy (non-hydrogen) atoms. The zero-order valence-corrected chi connectivity index (χ0v) is 19.2. The number of nitrogens with one attached hydrogen (secondary N) is 1. The van der Waals surface area contributed by atoms with Crippen LogP contribution in [0.4, 0.5) is 5.69 Å². The van der Waals surface area contributed by atoms with E-state index in [0.717, 1.165) is 16.3 Å². The van der Waals surface area contributed by atoms with Gasteiger partial charge in [-0.2, -0.15) is 5.10 Å². The number of aryl methyl sites for hydroxylation is 1. The van der Waals surface area contributed by atoms with Crippen LogP contribution in [-0.2, 0) is 4.79 Å². The van der Waals surface area contributed by atoms with E-state index in [2.05, 4.69) is 10.5 Å². The van der Waals surface area contributed by atoms with E-state index < -0.39 is 16.8 Å². The first-order chi connectivity index (χ1) is 17.4. The van der Waals surface area contributed by atoms with Gasteiger partial charge in [0.25, 0.3) is 11.6 Å². The van der Waals surface area contributed by atoms with Crippen LogP contribution in [0.5, 0.6) is 11.5 Å². The van der Waals surface area contributed by atoms with E-state index in [1.54, 1.807) is 18.2 Å². The van der Waals surface area contributed by atoms with Crippen molar-refractivity contribution >= 4 is 34.6 Å². The highest BCUT2D eigenvalue weighted by Gasteiger charge is 2.14. The summed E-state index contributed by atoms with van der Waals surface area (Å²) in [4.78, 5) is 35.1. The number of ether oxygens (including phenoxy) is 2. The second-order valence-electron chi connectivity index (χ2n) is 7.79. The zero-order chi connectivity index (χ0) is 25.5.